The van der Waals surface area contributed by atoms with Crippen LogP contribution in [0.5, 0.6) is 5.75 Å². The van der Waals surface area contributed by atoms with Gasteiger partial charge in [0.25, 0.3) is 5.91 Å². The first-order valence-corrected chi connectivity index (χ1v) is 6.39. The van der Waals surface area contributed by atoms with Gasteiger partial charge in [-0.3, -0.25) is 4.79 Å². The van der Waals surface area contributed by atoms with Crippen LogP contribution in [-0.4, -0.2) is 43.6 Å². The fourth-order valence-corrected chi connectivity index (χ4v) is 2.08. The second kappa shape index (κ2) is 7.58. The van der Waals surface area contributed by atoms with Crippen LogP contribution in [0.2, 0.25) is 5.02 Å². The molecular weight excluding hydrogens is 287 g/mol. The quantitative estimate of drug-likeness (QED) is 0.924. The molecule has 0 saturated carbocycles. The molecule has 4 nitrogen and oxygen atoms in total. The normalized spacial score (nSPS) is 17.7. The molecule has 0 radical (unpaired) electrons. The van der Waals surface area contributed by atoms with Gasteiger partial charge in [-0.2, -0.15) is 0 Å². The highest BCUT2D eigenvalue weighted by Crippen LogP contribution is 2.15. The van der Waals surface area contributed by atoms with E-state index in [1.165, 1.54) is 0 Å². The van der Waals surface area contributed by atoms with E-state index in [2.05, 4.69) is 5.32 Å². The molecule has 0 aromatic heterocycles. The molecule has 1 N–H and O–H groups in total. The van der Waals surface area contributed by atoms with Gasteiger partial charge in [-0.1, -0.05) is 11.6 Å². The fourth-order valence-electron chi connectivity index (χ4n) is 1.95. The largest absolute Gasteiger partial charge is 0.484 e. The number of halogens is 2. The Kier molecular flexibility index (Phi) is 6.42. The van der Waals surface area contributed by atoms with Crippen molar-refractivity contribution in [2.75, 3.05) is 26.7 Å². The Morgan fingerprint density at radius 3 is 2.74 bits per heavy atom. The lowest BCUT2D eigenvalue weighted by Crippen LogP contribution is -2.40. The molecule has 1 unspecified atom stereocenters. The number of nitrogens with zero attached hydrogens (tertiary/aromatic N) is 1. The van der Waals surface area contributed by atoms with E-state index in [-0.39, 0.29) is 31.0 Å². The number of benzene rings is 1. The molecule has 1 heterocycles. The number of hydrogen-bond acceptors (Lipinski definition) is 3. The molecule has 1 aromatic carbocycles. The lowest BCUT2D eigenvalue weighted by molar-refractivity contribution is -0.133. The lowest BCUT2D eigenvalue weighted by Gasteiger charge is -2.23. The number of amides is 1. The average Bonchev–Trinajstić information content (AvgIpc) is 2.90. The zero-order valence-electron chi connectivity index (χ0n) is 10.8. The average molecular weight is 305 g/mol. The van der Waals surface area contributed by atoms with E-state index in [4.69, 9.17) is 16.3 Å². The van der Waals surface area contributed by atoms with E-state index >= 15 is 0 Å². The molecule has 1 amide bonds. The highest BCUT2D eigenvalue weighted by Gasteiger charge is 2.23. The maximum atomic E-state index is 11.9. The van der Waals surface area contributed by atoms with E-state index in [9.17, 15) is 4.79 Å². The second-order valence-electron chi connectivity index (χ2n) is 4.39. The van der Waals surface area contributed by atoms with Crippen molar-refractivity contribution in [3.05, 3.63) is 29.3 Å². The third-order valence-corrected chi connectivity index (χ3v) is 3.40. The van der Waals surface area contributed by atoms with Crippen LogP contribution < -0.4 is 10.1 Å². The molecule has 1 saturated heterocycles. The summed E-state index contributed by atoms with van der Waals surface area (Å²) in [4.78, 5) is 13.7. The van der Waals surface area contributed by atoms with Crippen molar-refractivity contribution in [2.24, 2.45) is 0 Å². The number of nitrogens with one attached hydrogen (secondary N) is 1. The first-order chi connectivity index (χ1) is 8.66. The van der Waals surface area contributed by atoms with Gasteiger partial charge in [0, 0.05) is 24.7 Å². The summed E-state index contributed by atoms with van der Waals surface area (Å²) in [5.74, 6) is 0.657. The minimum atomic E-state index is -0.00125. The molecule has 2 rings (SSSR count). The molecule has 1 atom stereocenters. The predicted octanol–water partition coefficient (Wildman–Crippen LogP) is 1.96. The van der Waals surface area contributed by atoms with E-state index in [1.807, 2.05) is 7.05 Å². The minimum Gasteiger partial charge on any atom is -0.484 e. The van der Waals surface area contributed by atoms with Gasteiger partial charge in [0.1, 0.15) is 5.75 Å². The maximum absolute atomic E-state index is 11.9. The van der Waals surface area contributed by atoms with Crippen LogP contribution in [0, 0.1) is 0 Å². The molecule has 6 heteroatoms. The zero-order valence-corrected chi connectivity index (χ0v) is 12.3. The van der Waals surface area contributed by atoms with Gasteiger partial charge in [-0.15, -0.1) is 12.4 Å². The number of carbonyl (C=O) groups excluding carboxylic acids is 1. The van der Waals surface area contributed by atoms with E-state index in [0.29, 0.717) is 10.8 Å². The van der Waals surface area contributed by atoms with E-state index in [0.717, 1.165) is 19.5 Å². The van der Waals surface area contributed by atoms with Crippen molar-refractivity contribution >= 4 is 29.9 Å². The van der Waals surface area contributed by atoms with Crippen LogP contribution in [0.25, 0.3) is 0 Å². The SMILES string of the molecule is CN(C(=O)COc1ccc(Cl)cc1)C1CCNC1.Cl. The van der Waals surface area contributed by atoms with Gasteiger partial charge in [-0.05, 0) is 37.2 Å². The molecule has 1 aliphatic heterocycles. The Labute approximate surface area is 124 Å². The van der Waals surface area contributed by atoms with Crippen molar-refractivity contribution < 1.29 is 9.53 Å². The van der Waals surface area contributed by atoms with Gasteiger partial charge < -0.3 is 15.0 Å². The Morgan fingerprint density at radius 1 is 1.47 bits per heavy atom. The first-order valence-electron chi connectivity index (χ1n) is 6.01. The summed E-state index contributed by atoms with van der Waals surface area (Å²) < 4.78 is 5.43. The van der Waals surface area contributed by atoms with Crippen molar-refractivity contribution in [1.82, 2.24) is 10.2 Å². The van der Waals surface area contributed by atoms with Gasteiger partial charge in [0.05, 0.1) is 0 Å². The van der Waals surface area contributed by atoms with Gasteiger partial charge in [-0.25, -0.2) is 0 Å². The molecule has 1 aromatic rings. The van der Waals surface area contributed by atoms with Crippen LogP contribution in [0.3, 0.4) is 0 Å². The highest BCUT2D eigenvalue weighted by molar-refractivity contribution is 6.30. The van der Waals surface area contributed by atoms with Crippen LogP contribution in [-0.2, 0) is 4.79 Å². The summed E-state index contributed by atoms with van der Waals surface area (Å²) >= 11 is 5.77. The minimum absolute atomic E-state index is 0. The van der Waals surface area contributed by atoms with Crippen LogP contribution in [0.4, 0.5) is 0 Å². The third-order valence-electron chi connectivity index (χ3n) is 3.15. The van der Waals surface area contributed by atoms with Gasteiger partial charge >= 0.3 is 0 Å². The fraction of sp³-hybridized carbons (Fsp3) is 0.462. The topological polar surface area (TPSA) is 41.6 Å². The number of rotatable bonds is 4. The number of ether oxygens (including phenoxy) is 1. The maximum Gasteiger partial charge on any atom is 0.260 e. The Balaban J connectivity index is 0.00000180. The molecule has 1 fully saturated rings. The Bertz CT molecular complexity index is 406. The zero-order chi connectivity index (χ0) is 13.0. The second-order valence-corrected chi connectivity index (χ2v) is 4.83. The predicted molar refractivity (Wildman–Crippen MR) is 78.2 cm³/mol. The third kappa shape index (κ3) is 4.56. The summed E-state index contributed by atoms with van der Waals surface area (Å²) in [7, 11) is 1.82. The monoisotopic (exact) mass is 304 g/mol. The molecule has 0 aliphatic carbocycles. The van der Waals surface area contributed by atoms with Crippen LogP contribution >= 0.6 is 24.0 Å². The van der Waals surface area contributed by atoms with E-state index < -0.39 is 0 Å². The summed E-state index contributed by atoms with van der Waals surface area (Å²) in [5.41, 5.74) is 0. The molecule has 106 valence electrons. The van der Waals surface area contributed by atoms with Gasteiger partial charge in [0.2, 0.25) is 0 Å². The summed E-state index contributed by atoms with van der Waals surface area (Å²) in [6.07, 6.45) is 1.00. The summed E-state index contributed by atoms with van der Waals surface area (Å²) in [6.45, 7) is 1.90. The first kappa shape index (κ1) is 16.1. The van der Waals surface area contributed by atoms with Crippen molar-refractivity contribution in [2.45, 2.75) is 12.5 Å². The molecular formula is C13H18Cl2N2O2. The Morgan fingerprint density at radius 2 is 2.16 bits per heavy atom. The van der Waals surface area contributed by atoms with Crippen molar-refractivity contribution in [3.63, 3.8) is 0 Å². The number of hydrogen-bond donors (Lipinski definition) is 1. The number of likely N-dealkylation sites (N-methyl/N-ethyl adjacent to an activating group) is 1. The van der Waals surface area contributed by atoms with Crippen LogP contribution in [0.15, 0.2) is 24.3 Å². The molecule has 0 spiro atoms. The van der Waals surface area contributed by atoms with Crippen LogP contribution in [0.1, 0.15) is 6.42 Å². The highest BCUT2D eigenvalue weighted by atomic mass is 35.5. The van der Waals surface area contributed by atoms with Gasteiger partial charge in [0.15, 0.2) is 6.61 Å². The molecule has 0 bridgehead atoms. The molecule has 19 heavy (non-hydrogen) atoms. The summed E-state index contributed by atoms with van der Waals surface area (Å²) in [6, 6.07) is 7.28. The summed E-state index contributed by atoms with van der Waals surface area (Å²) in [5, 5.41) is 3.89. The van der Waals surface area contributed by atoms with Crippen molar-refractivity contribution in [1.29, 1.82) is 0 Å². The van der Waals surface area contributed by atoms with Crippen molar-refractivity contribution in [3.8, 4) is 5.75 Å². The smallest absolute Gasteiger partial charge is 0.260 e. The number of carbonyl (C=O) groups is 1. The molecule has 1 aliphatic rings. The Hall–Kier alpha value is -0.970. The van der Waals surface area contributed by atoms with E-state index in [1.54, 1.807) is 29.2 Å². The standard InChI is InChI=1S/C13H17ClN2O2.ClH/c1-16(11-6-7-15-8-11)13(17)9-18-12-4-2-10(14)3-5-12;/h2-5,11,15H,6-9H2,1H3;1H. The lowest BCUT2D eigenvalue weighted by atomic mass is 10.2.